The SMILES string of the molecule is CCn1c(SCC(=O)NCCCc2ccccc2)nnc1-c1ccc(Cl)cc1. The van der Waals surface area contributed by atoms with Gasteiger partial charge in [-0.1, -0.05) is 53.7 Å². The number of amides is 1. The smallest absolute Gasteiger partial charge is 0.230 e. The highest BCUT2D eigenvalue weighted by molar-refractivity contribution is 7.99. The first-order valence-corrected chi connectivity index (χ1v) is 10.7. The van der Waals surface area contributed by atoms with Gasteiger partial charge in [-0.2, -0.15) is 0 Å². The predicted octanol–water partition coefficient (Wildman–Crippen LogP) is 4.46. The number of halogens is 1. The molecule has 0 saturated heterocycles. The van der Waals surface area contributed by atoms with Gasteiger partial charge in [-0.15, -0.1) is 10.2 Å². The number of nitrogens with one attached hydrogen (secondary N) is 1. The molecule has 1 N–H and O–H groups in total. The Morgan fingerprint density at radius 1 is 1.11 bits per heavy atom. The molecule has 0 spiro atoms. The molecule has 0 radical (unpaired) electrons. The van der Waals surface area contributed by atoms with Gasteiger partial charge in [0.05, 0.1) is 5.75 Å². The number of aromatic nitrogens is 3. The molecule has 0 bridgehead atoms. The highest BCUT2D eigenvalue weighted by Gasteiger charge is 2.14. The molecule has 2 aromatic carbocycles. The van der Waals surface area contributed by atoms with Crippen molar-refractivity contribution in [2.24, 2.45) is 0 Å². The fraction of sp³-hybridized carbons (Fsp3) is 0.286. The van der Waals surface area contributed by atoms with Crippen molar-refractivity contribution in [1.82, 2.24) is 20.1 Å². The van der Waals surface area contributed by atoms with Gasteiger partial charge in [0.2, 0.25) is 5.91 Å². The second-order valence-corrected chi connectivity index (χ2v) is 7.66. The molecule has 28 heavy (non-hydrogen) atoms. The van der Waals surface area contributed by atoms with E-state index in [1.165, 1.54) is 17.3 Å². The van der Waals surface area contributed by atoms with Crippen LogP contribution in [-0.2, 0) is 17.8 Å². The number of carbonyl (C=O) groups excluding carboxylic acids is 1. The molecule has 1 heterocycles. The molecular formula is C21H23ClN4OS. The minimum absolute atomic E-state index is 0.0109. The fourth-order valence-electron chi connectivity index (χ4n) is 2.84. The number of thioether (sulfide) groups is 1. The Hall–Kier alpha value is -2.31. The highest BCUT2D eigenvalue weighted by atomic mass is 35.5. The third-order valence-electron chi connectivity index (χ3n) is 4.28. The predicted molar refractivity (Wildman–Crippen MR) is 115 cm³/mol. The third kappa shape index (κ3) is 5.59. The topological polar surface area (TPSA) is 59.8 Å². The number of rotatable bonds is 9. The molecule has 0 saturated carbocycles. The van der Waals surface area contributed by atoms with Crippen LogP contribution in [0.5, 0.6) is 0 Å². The first-order chi connectivity index (χ1) is 13.7. The van der Waals surface area contributed by atoms with Gasteiger partial charge in [0, 0.05) is 23.7 Å². The quantitative estimate of drug-likeness (QED) is 0.415. The molecule has 0 aliphatic heterocycles. The standard InChI is InChI=1S/C21H23ClN4OS/c1-2-26-20(17-10-12-18(22)13-11-17)24-25-21(26)28-15-19(27)23-14-6-9-16-7-4-3-5-8-16/h3-5,7-8,10-13H,2,6,9,14-15H2,1H3,(H,23,27). The van der Waals surface area contributed by atoms with E-state index < -0.39 is 0 Å². The summed E-state index contributed by atoms with van der Waals surface area (Å²) < 4.78 is 2.01. The van der Waals surface area contributed by atoms with Crippen molar-refractivity contribution in [1.29, 1.82) is 0 Å². The minimum atomic E-state index is 0.0109. The zero-order valence-electron chi connectivity index (χ0n) is 15.8. The van der Waals surface area contributed by atoms with Crippen LogP contribution < -0.4 is 5.32 Å². The Bertz CT molecular complexity index is 897. The Morgan fingerprint density at radius 3 is 2.57 bits per heavy atom. The van der Waals surface area contributed by atoms with Crippen LogP contribution in [0.25, 0.3) is 11.4 Å². The van der Waals surface area contributed by atoms with E-state index in [9.17, 15) is 4.79 Å². The van der Waals surface area contributed by atoms with E-state index in [2.05, 4.69) is 27.6 Å². The molecule has 0 aliphatic carbocycles. The summed E-state index contributed by atoms with van der Waals surface area (Å²) in [7, 11) is 0. The third-order valence-corrected chi connectivity index (χ3v) is 5.49. The monoisotopic (exact) mass is 414 g/mol. The van der Waals surface area contributed by atoms with E-state index in [0.717, 1.165) is 35.9 Å². The van der Waals surface area contributed by atoms with Crippen LogP contribution in [0.3, 0.4) is 0 Å². The summed E-state index contributed by atoms with van der Waals surface area (Å²) in [6, 6.07) is 17.8. The second-order valence-electron chi connectivity index (χ2n) is 6.29. The van der Waals surface area contributed by atoms with Gasteiger partial charge in [0.15, 0.2) is 11.0 Å². The molecule has 3 aromatic rings. The van der Waals surface area contributed by atoms with Crippen LogP contribution in [-0.4, -0.2) is 33.0 Å². The van der Waals surface area contributed by atoms with E-state index in [1.54, 1.807) is 0 Å². The van der Waals surface area contributed by atoms with E-state index >= 15 is 0 Å². The largest absolute Gasteiger partial charge is 0.355 e. The van der Waals surface area contributed by atoms with Crippen molar-refractivity contribution in [2.45, 2.75) is 31.5 Å². The molecule has 0 fully saturated rings. The number of hydrogen-bond donors (Lipinski definition) is 1. The van der Waals surface area contributed by atoms with Crippen molar-refractivity contribution in [3.05, 3.63) is 65.2 Å². The molecule has 3 rings (SSSR count). The summed E-state index contributed by atoms with van der Waals surface area (Å²) in [4.78, 5) is 12.1. The molecule has 1 aromatic heterocycles. The van der Waals surface area contributed by atoms with Gasteiger partial charge in [-0.25, -0.2) is 0 Å². The average Bonchev–Trinajstić information content (AvgIpc) is 3.14. The minimum Gasteiger partial charge on any atom is -0.355 e. The van der Waals surface area contributed by atoms with Crippen LogP contribution in [0, 0.1) is 0 Å². The van der Waals surface area contributed by atoms with Gasteiger partial charge < -0.3 is 9.88 Å². The van der Waals surface area contributed by atoms with E-state index in [4.69, 9.17) is 11.6 Å². The zero-order valence-corrected chi connectivity index (χ0v) is 17.3. The van der Waals surface area contributed by atoms with Crippen molar-refractivity contribution >= 4 is 29.3 Å². The first-order valence-electron chi connectivity index (χ1n) is 9.30. The lowest BCUT2D eigenvalue weighted by atomic mass is 10.1. The first kappa shape index (κ1) is 20.4. The number of benzene rings is 2. The summed E-state index contributed by atoms with van der Waals surface area (Å²) in [5.41, 5.74) is 2.24. The maximum Gasteiger partial charge on any atom is 0.230 e. The van der Waals surface area contributed by atoms with Gasteiger partial charge >= 0.3 is 0 Å². The fourth-order valence-corrected chi connectivity index (χ4v) is 3.80. The van der Waals surface area contributed by atoms with Crippen molar-refractivity contribution in [3.8, 4) is 11.4 Å². The number of hydrogen-bond acceptors (Lipinski definition) is 4. The Kier molecular flexibility index (Phi) is 7.51. The second kappa shape index (κ2) is 10.3. The Balaban J connectivity index is 1.48. The molecule has 0 aliphatic rings. The van der Waals surface area contributed by atoms with Gasteiger partial charge in [-0.3, -0.25) is 4.79 Å². The zero-order chi connectivity index (χ0) is 19.8. The molecule has 5 nitrogen and oxygen atoms in total. The Labute approximate surface area is 174 Å². The lowest BCUT2D eigenvalue weighted by molar-refractivity contribution is -0.118. The summed E-state index contributed by atoms with van der Waals surface area (Å²) in [6.45, 7) is 3.44. The summed E-state index contributed by atoms with van der Waals surface area (Å²) >= 11 is 7.36. The maximum absolute atomic E-state index is 12.1. The number of nitrogens with zero attached hydrogens (tertiary/aromatic N) is 3. The van der Waals surface area contributed by atoms with Crippen LogP contribution in [0.1, 0.15) is 18.9 Å². The highest BCUT2D eigenvalue weighted by Crippen LogP contribution is 2.25. The van der Waals surface area contributed by atoms with E-state index in [-0.39, 0.29) is 5.91 Å². The van der Waals surface area contributed by atoms with Crippen molar-refractivity contribution in [2.75, 3.05) is 12.3 Å². The number of carbonyl (C=O) groups is 1. The van der Waals surface area contributed by atoms with Crippen LogP contribution in [0.2, 0.25) is 5.02 Å². The summed E-state index contributed by atoms with van der Waals surface area (Å²) in [5, 5.41) is 12.9. The average molecular weight is 415 g/mol. The van der Waals surface area contributed by atoms with Gasteiger partial charge in [0.1, 0.15) is 0 Å². The summed E-state index contributed by atoms with van der Waals surface area (Å²) in [6.07, 6.45) is 1.88. The van der Waals surface area contributed by atoms with Crippen molar-refractivity contribution in [3.63, 3.8) is 0 Å². The van der Waals surface area contributed by atoms with Crippen LogP contribution in [0.15, 0.2) is 59.8 Å². The number of aryl methyl sites for hydroxylation is 1. The molecule has 7 heteroatoms. The van der Waals surface area contributed by atoms with Crippen molar-refractivity contribution < 1.29 is 4.79 Å². The molecule has 0 atom stereocenters. The molecular weight excluding hydrogens is 392 g/mol. The Morgan fingerprint density at radius 2 is 1.86 bits per heavy atom. The lowest BCUT2D eigenvalue weighted by Gasteiger charge is -2.08. The molecule has 146 valence electrons. The normalized spacial score (nSPS) is 10.8. The van der Waals surface area contributed by atoms with Crippen LogP contribution in [0.4, 0.5) is 0 Å². The van der Waals surface area contributed by atoms with Crippen LogP contribution >= 0.6 is 23.4 Å². The lowest BCUT2D eigenvalue weighted by Crippen LogP contribution is -2.26. The maximum atomic E-state index is 12.1. The summed E-state index contributed by atoms with van der Waals surface area (Å²) in [5.74, 6) is 1.12. The van der Waals surface area contributed by atoms with Gasteiger partial charge in [0.25, 0.3) is 0 Å². The molecule has 1 amide bonds. The molecule has 0 unspecified atom stereocenters. The van der Waals surface area contributed by atoms with Gasteiger partial charge in [-0.05, 0) is 49.6 Å². The van der Waals surface area contributed by atoms with E-state index in [0.29, 0.717) is 17.3 Å². The van der Waals surface area contributed by atoms with E-state index in [1.807, 2.05) is 54.0 Å².